The van der Waals surface area contributed by atoms with Crippen LogP contribution in [0.15, 0.2) is 22.3 Å². The van der Waals surface area contributed by atoms with Crippen molar-refractivity contribution in [3.63, 3.8) is 0 Å². The maximum Gasteiger partial charge on any atom is 0.135 e. The molecule has 1 heterocycles. The predicted molar refractivity (Wildman–Crippen MR) is 60.3 cm³/mol. The smallest absolute Gasteiger partial charge is 0.135 e. The standard InChI is InChI=1S/C10H16N4O/c1-14(2)6-5-12-9-3-4-13-10(11)8(9)7-15/h3-4,10,12H,5-6,11H2,1-2H3. The Labute approximate surface area is 89.3 Å². The van der Waals surface area contributed by atoms with E-state index in [-0.39, 0.29) is 0 Å². The van der Waals surface area contributed by atoms with Crippen molar-refractivity contribution in [2.45, 2.75) is 6.17 Å². The molecule has 5 heteroatoms. The van der Waals surface area contributed by atoms with Crippen molar-refractivity contribution in [3.8, 4) is 0 Å². The topological polar surface area (TPSA) is 70.7 Å². The van der Waals surface area contributed by atoms with Crippen LogP contribution in [0.5, 0.6) is 0 Å². The highest BCUT2D eigenvalue weighted by atomic mass is 16.1. The number of aliphatic imine (C=N–C) groups is 1. The van der Waals surface area contributed by atoms with Gasteiger partial charge in [0.2, 0.25) is 0 Å². The molecule has 0 amide bonds. The zero-order valence-electron chi connectivity index (χ0n) is 9.03. The van der Waals surface area contributed by atoms with E-state index in [4.69, 9.17) is 5.73 Å². The Morgan fingerprint density at radius 2 is 2.40 bits per heavy atom. The molecule has 1 unspecified atom stereocenters. The zero-order chi connectivity index (χ0) is 11.3. The molecule has 1 aliphatic rings. The third kappa shape index (κ3) is 3.32. The zero-order valence-corrected chi connectivity index (χ0v) is 9.03. The van der Waals surface area contributed by atoms with Gasteiger partial charge in [-0.15, -0.1) is 0 Å². The average Bonchev–Trinajstić information content (AvgIpc) is 2.17. The molecular weight excluding hydrogens is 192 g/mol. The first-order valence-electron chi connectivity index (χ1n) is 4.78. The number of hydrogen-bond donors (Lipinski definition) is 2. The fourth-order valence-electron chi connectivity index (χ4n) is 1.22. The largest absolute Gasteiger partial charge is 0.383 e. The minimum Gasteiger partial charge on any atom is -0.383 e. The highest BCUT2D eigenvalue weighted by Gasteiger charge is 2.16. The lowest BCUT2D eigenvalue weighted by molar-refractivity contribution is 0.408. The van der Waals surface area contributed by atoms with Crippen LogP contribution >= 0.6 is 0 Å². The minimum absolute atomic E-state index is 0.385. The summed E-state index contributed by atoms with van der Waals surface area (Å²) in [6, 6.07) is 0. The van der Waals surface area contributed by atoms with Crippen LogP contribution in [0.2, 0.25) is 0 Å². The van der Waals surface area contributed by atoms with E-state index in [1.54, 1.807) is 12.3 Å². The molecule has 0 bridgehead atoms. The molecule has 0 fully saturated rings. The molecule has 0 aromatic carbocycles. The number of rotatable bonds is 4. The Kier molecular flexibility index (Phi) is 4.24. The third-order valence-corrected chi connectivity index (χ3v) is 2.06. The van der Waals surface area contributed by atoms with Gasteiger partial charge in [-0.1, -0.05) is 0 Å². The van der Waals surface area contributed by atoms with Gasteiger partial charge in [0.05, 0.1) is 11.3 Å². The van der Waals surface area contributed by atoms with Crippen molar-refractivity contribution >= 4 is 12.2 Å². The van der Waals surface area contributed by atoms with Crippen molar-refractivity contribution in [1.82, 2.24) is 10.2 Å². The molecule has 1 rings (SSSR count). The first kappa shape index (κ1) is 11.7. The summed E-state index contributed by atoms with van der Waals surface area (Å²) in [6.07, 6.45) is 2.75. The van der Waals surface area contributed by atoms with Crippen molar-refractivity contribution in [3.05, 3.63) is 17.3 Å². The highest BCUT2D eigenvalue weighted by molar-refractivity contribution is 5.79. The second-order valence-corrected chi connectivity index (χ2v) is 3.57. The summed E-state index contributed by atoms with van der Waals surface area (Å²) in [7, 11) is 3.97. The van der Waals surface area contributed by atoms with Gasteiger partial charge in [-0.25, -0.2) is 4.79 Å². The van der Waals surface area contributed by atoms with Crippen LogP contribution < -0.4 is 11.1 Å². The summed E-state index contributed by atoms with van der Waals surface area (Å²) in [4.78, 5) is 16.6. The van der Waals surface area contributed by atoms with Gasteiger partial charge in [0.1, 0.15) is 12.1 Å². The molecule has 3 N–H and O–H groups in total. The molecule has 1 aliphatic heterocycles. The Hall–Kier alpha value is -1.42. The maximum absolute atomic E-state index is 10.7. The molecule has 1 atom stereocenters. The average molecular weight is 208 g/mol. The van der Waals surface area contributed by atoms with Gasteiger partial charge >= 0.3 is 0 Å². The SMILES string of the molecule is CN(C)CCNC1=CC=NC(N)C1=C=O. The summed E-state index contributed by atoms with van der Waals surface area (Å²) in [5.74, 6) is 1.83. The number of carbonyl (C=O) groups excluding carboxylic acids is 1. The molecule has 0 aliphatic carbocycles. The molecule has 0 saturated heterocycles. The van der Waals surface area contributed by atoms with E-state index in [9.17, 15) is 4.79 Å². The van der Waals surface area contributed by atoms with Gasteiger partial charge in [0.25, 0.3) is 0 Å². The quantitative estimate of drug-likeness (QED) is 0.590. The normalized spacial score (nSPS) is 20.1. The van der Waals surface area contributed by atoms with Crippen LogP contribution in [-0.4, -0.2) is 50.4 Å². The van der Waals surface area contributed by atoms with Crippen LogP contribution in [0.1, 0.15) is 0 Å². The molecule has 0 saturated carbocycles. The number of dihydropyridines is 1. The lowest BCUT2D eigenvalue weighted by atomic mass is 10.1. The van der Waals surface area contributed by atoms with E-state index in [2.05, 4.69) is 15.2 Å². The van der Waals surface area contributed by atoms with Crippen molar-refractivity contribution in [2.24, 2.45) is 10.7 Å². The molecule has 15 heavy (non-hydrogen) atoms. The van der Waals surface area contributed by atoms with Crippen LogP contribution in [0.25, 0.3) is 0 Å². The fourth-order valence-corrected chi connectivity index (χ4v) is 1.22. The van der Waals surface area contributed by atoms with Gasteiger partial charge in [-0.05, 0) is 20.2 Å². The fraction of sp³-hybridized carbons (Fsp3) is 0.500. The second-order valence-electron chi connectivity index (χ2n) is 3.57. The number of likely N-dealkylation sites (N-methyl/N-ethyl adjacent to an activating group) is 1. The van der Waals surface area contributed by atoms with E-state index in [1.807, 2.05) is 20.0 Å². The third-order valence-electron chi connectivity index (χ3n) is 2.06. The van der Waals surface area contributed by atoms with Crippen LogP contribution in [0, 0.1) is 0 Å². The second kappa shape index (κ2) is 5.46. The van der Waals surface area contributed by atoms with Gasteiger partial charge in [0.15, 0.2) is 0 Å². The number of hydrogen-bond acceptors (Lipinski definition) is 5. The Balaban J connectivity index is 2.57. The molecule has 82 valence electrons. The molecule has 0 spiro atoms. The van der Waals surface area contributed by atoms with E-state index in [0.717, 1.165) is 13.1 Å². The first-order chi connectivity index (χ1) is 7.15. The summed E-state index contributed by atoms with van der Waals surface area (Å²) >= 11 is 0. The number of allylic oxidation sites excluding steroid dienone is 1. The van der Waals surface area contributed by atoms with Crippen molar-refractivity contribution in [1.29, 1.82) is 0 Å². The summed E-state index contributed by atoms with van der Waals surface area (Å²) in [5.41, 5.74) is 6.73. The summed E-state index contributed by atoms with van der Waals surface area (Å²) < 4.78 is 0. The van der Waals surface area contributed by atoms with Crippen molar-refractivity contribution in [2.75, 3.05) is 27.2 Å². The Morgan fingerprint density at radius 3 is 3.00 bits per heavy atom. The van der Waals surface area contributed by atoms with Crippen LogP contribution in [0.4, 0.5) is 0 Å². The summed E-state index contributed by atoms with van der Waals surface area (Å²) in [6.45, 7) is 1.64. The van der Waals surface area contributed by atoms with Gasteiger partial charge in [-0.2, -0.15) is 0 Å². The summed E-state index contributed by atoms with van der Waals surface area (Å²) in [5, 5.41) is 3.13. The molecule has 0 aromatic rings. The predicted octanol–water partition coefficient (Wildman–Crippen LogP) is -0.851. The van der Waals surface area contributed by atoms with E-state index in [1.165, 1.54) is 0 Å². The van der Waals surface area contributed by atoms with E-state index >= 15 is 0 Å². The number of nitrogens with two attached hydrogens (primary N) is 1. The number of nitrogens with one attached hydrogen (secondary N) is 1. The lowest BCUT2D eigenvalue weighted by Gasteiger charge is -2.18. The molecule has 5 nitrogen and oxygen atoms in total. The molecular formula is C10H16N4O. The Bertz CT molecular complexity index is 326. The van der Waals surface area contributed by atoms with Gasteiger partial charge < -0.3 is 16.0 Å². The molecule has 0 radical (unpaired) electrons. The van der Waals surface area contributed by atoms with E-state index < -0.39 is 6.17 Å². The lowest BCUT2D eigenvalue weighted by Crippen LogP contribution is -2.33. The maximum atomic E-state index is 10.7. The van der Waals surface area contributed by atoms with Crippen LogP contribution in [-0.2, 0) is 4.79 Å². The Morgan fingerprint density at radius 1 is 1.67 bits per heavy atom. The number of nitrogens with zero attached hydrogens (tertiary/aromatic N) is 2. The van der Waals surface area contributed by atoms with E-state index in [0.29, 0.717) is 11.3 Å². The first-order valence-corrected chi connectivity index (χ1v) is 4.78. The molecule has 0 aromatic heterocycles. The minimum atomic E-state index is -0.589. The monoisotopic (exact) mass is 208 g/mol. The van der Waals surface area contributed by atoms with Crippen LogP contribution in [0.3, 0.4) is 0 Å². The highest BCUT2D eigenvalue weighted by Crippen LogP contribution is 2.10. The van der Waals surface area contributed by atoms with Gasteiger partial charge in [0, 0.05) is 19.3 Å². The van der Waals surface area contributed by atoms with Gasteiger partial charge in [-0.3, -0.25) is 4.99 Å². The van der Waals surface area contributed by atoms with Crippen molar-refractivity contribution < 1.29 is 4.79 Å².